The molecule has 0 unspecified atom stereocenters. The summed E-state index contributed by atoms with van der Waals surface area (Å²) in [5.41, 5.74) is -1.95. The number of piperidine rings is 1. The van der Waals surface area contributed by atoms with Crippen molar-refractivity contribution >= 4 is 24.1 Å². The molecule has 9 heteroatoms. The number of rotatable bonds is 2. The molecule has 3 atom stereocenters. The fourth-order valence-electron chi connectivity index (χ4n) is 3.83. The standard InChI is InChI=1S/C19H33N2O5.BrH.Hg/c1-12-10-14-13(11-20(12)15(22)25-17(2,3)4)21(19(8,9)24-14)16(23)26-18(5,6)7;;/h12-14H,1,10-11H2,2-9H3;1H;/q;;+1/p-1/t12-,13+,14-;;/m0../s1. The maximum atomic E-state index is 12.9. The molecule has 0 bridgehead atoms. The van der Waals surface area contributed by atoms with E-state index in [0.717, 1.165) is 3.93 Å². The van der Waals surface area contributed by atoms with Crippen molar-refractivity contribution in [2.75, 3.05) is 6.54 Å². The number of halogens is 1. The van der Waals surface area contributed by atoms with Crippen molar-refractivity contribution in [3.63, 3.8) is 0 Å². The second-order valence-corrected chi connectivity index (χ2v) is 20.7. The molecule has 2 fully saturated rings. The van der Waals surface area contributed by atoms with E-state index in [1.807, 2.05) is 55.4 Å². The third kappa shape index (κ3) is 5.97. The van der Waals surface area contributed by atoms with Crippen LogP contribution in [0.1, 0.15) is 61.8 Å². The Balaban J connectivity index is 2.28. The van der Waals surface area contributed by atoms with E-state index in [0.29, 0.717) is 13.0 Å². The summed E-state index contributed by atoms with van der Waals surface area (Å²) in [4.78, 5) is 29.3. The number of amides is 2. The Morgan fingerprint density at radius 3 is 2.14 bits per heavy atom. The Morgan fingerprint density at radius 2 is 1.64 bits per heavy atom. The van der Waals surface area contributed by atoms with E-state index < -0.39 is 45.2 Å². The Labute approximate surface area is 186 Å². The molecule has 2 saturated heterocycles. The van der Waals surface area contributed by atoms with Gasteiger partial charge in [-0.15, -0.1) is 0 Å². The Bertz CT molecular complexity index is 602. The zero-order chi connectivity index (χ0) is 21.5. The average molecular weight is 650 g/mol. The van der Waals surface area contributed by atoms with Crippen molar-refractivity contribution in [1.82, 2.24) is 9.80 Å². The number of carbonyl (C=O) groups excluding carboxylic acids is 2. The molecule has 2 heterocycles. The van der Waals surface area contributed by atoms with Gasteiger partial charge in [0.25, 0.3) is 0 Å². The zero-order valence-electron chi connectivity index (χ0n) is 18.4. The first-order chi connectivity index (χ1) is 12.6. The summed E-state index contributed by atoms with van der Waals surface area (Å²) in [6.07, 6.45) is -0.135. The molecule has 0 N–H and O–H groups in total. The Kier molecular flexibility index (Phi) is 7.41. The van der Waals surface area contributed by atoms with E-state index in [1.54, 1.807) is 9.80 Å². The van der Waals surface area contributed by atoms with Gasteiger partial charge in [-0.2, -0.15) is 0 Å². The molecule has 2 aliphatic rings. The van der Waals surface area contributed by atoms with Crippen molar-refractivity contribution in [2.24, 2.45) is 0 Å². The SMILES string of the molecule is CC(C)(C)OC(=O)N1C[C@@H]2[C@H](C[C@@H]1[CH2][Hg][Br])OC(C)(C)N2C(=O)OC(C)(C)C. The molecule has 0 saturated carbocycles. The molecule has 2 rings (SSSR count). The van der Waals surface area contributed by atoms with Crippen molar-refractivity contribution < 1.29 is 45.9 Å². The first kappa shape index (κ1) is 24.2. The van der Waals surface area contributed by atoms with Crippen molar-refractivity contribution in [3.05, 3.63) is 0 Å². The predicted molar refractivity (Wildman–Crippen MR) is 106 cm³/mol. The first-order valence-corrected chi connectivity index (χ1v) is 25.7. The van der Waals surface area contributed by atoms with Gasteiger partial charge in [0.05, 0.1) is 0 Å². The number of hydrogen-bond donors (Lipinski definition) is 0. The zero-order valence-corrected chi connectivity index (χ0v) is 25.5. The quantitative estimate of drug-likeness (QED) is 0.411. The van der Waals surface area contributed by atoms with Crippen LogP contribution in [0, 0.1) is 0 Å². The molecule has 0 aliphatic carbocycles. The van der Waals surface area contributed by atoms with Crippen LogP contribution in [0.5, 0.6) is 0 Å². The van der Waals surface area contributed by atoms with Gasteiger partial charge in [0.1, 0.15) is 0 Å². The molecular weight excluding hydrogens is 617 g/mol. The summed E-state index contributed by atoms with van der Waals surface area (Å²) >= 11 is 2.54. The topological polar surface area (TPSA) is 68.3 Å². The van der Waals surface area contributed by atoms with Crippen molar-refractivity contribution in [1.29, 1.82) is 0 Å². The second kappa shape index (κ2) is 8.57. The summed E-state index contributed by atoms with van der Waals surface area (Å²) in [7, 11) is 0. The minimum absolute atomic E-state index is 0.0894. The van der Waals surface area contributed by atoms with Gasteiger partial charge in [-0.25, -0.2) is 0 Å². The van der Waals surface area contributed by atoms with Gasteiger partial charge in [-0.05, 0) is 0 Å². The number of carbonyl (C=O) groups is 2. The third-order valence-corrected chi connectivity index (χ3v) is 12.2. The van der Waals surface area contributed by atoms with Crippen LogP contribution >= 0.6 is 11.9 Å². The van der Waals surface area contributed by atoms with Crippen molar-refractivity contribution in [3.8, 4) is 0 Å². The van der Waals surface area contributed by atoms with E-state index in [1.165, 1.54) is 0 Å². The molecule has 0 spiro atoms. The molecule has 0 radical (unpaired) electrons. The third-order valence-electron chi connectivity index (χ3n) is 4.77. The van der Waals surface area contributed by atoms with Crippen LogP contribution in [0.25, 0.3) is 0 Å². The average Bonchev–Trinajstić information content (AvgIpc) is 2.71. The van der Waals surface area contributed by atoms with Crippen LogP contribution in [-0.4, -0.2) is 63.6 Å². The van der Waals surface area contributed by atoms with Gasteiger partial charge in [-0.3, -0.25) is 0 Å². The van der Waals surface area contributed by atoms with Crippen LogP contribution < -0.4 is 0 Å². The van der Waals surface area contributed by atoms with Gasteiger partial charge in [-0.1, -0.05) is 0 Å². The molecule has 158 valence electrons. The molecule has 2 amide bonds. The molecule has 28 heavy (non-hydrogen) atoms. The monoisotopic (exact) mass is 650 g/mol. The van der Waals surface area contributed by atoms with Gasteiger partial charge in [0.2, 0.25) is 0 Å². The molecule has 0 aromatic carbocycles. The van der Waals surface area contributed by atoms with E-state index in [4.69, 9.17) is 14.2 Å². The van der Waals surface area contributed by atoms with E-state index in [2.05, 4.69) is 11.9 Å². The number of likely N-dealkylation sites (tertiary alicyclic amines) is 1. The van der Waals surface area contributed by atoms with E-state index in [-0.39, 0.29) is 24.3 Å². The fraction of sp³-hybridized carbons (Fsp3) is 0.895. The fourth-order valence-corrected chi connectivity index (χ4v) is 11.6. The predicted octanol–water partition coefficient (Wildman–Crippen LogP) is 4.55. The van der Waals surface area contributed by atoms with Crippen LogP contribution in [-0.2, 0) is 36.4 Å². The normalized spacial score (nSPS) is 27.1. The Morgan fingerprint density at radius 1 is 1.11 bits per heavy atom. The molecule has 7 nitrogen and oxygen atoms in total. The van der Waals surface area contributed by atoms with Gasteiger partial charge >= 0.3 is 187 Å². The summed E-state index contributed by atoms with van der Waals surface area (Å²) in [5.74, 6) is 0. The molecule has 2 aliphatic heterocycles. The molecular formula is C19H33BrHgN2O5. The van der Waals surface area contributed by atoms with E-state index >= 15 is 0 Å². The summed E-state index contributed by atoms with van der Waals surface area (Å²) in [6.45, 7) is 15.3. The van der Waals surface area contributed by atoms with Gasteiger partial charge in [0.15, 0.2) is 0 Å². The van der Waals surface area contributed by atoms with Crippen LogP contribution in [0.2, 0.25) is 3.93 Å². The first-order valence-electron chi connectivity index (χ1n) is 9.90. The molecule has 0 aromatic rings. The number of ether oxygens (including phenoxy) is 3. The summed E-state index contributed by atoms with van der Waals surface area (Å²) in [5, 5.41) is 0. The molecule has 0 aromatic heterocycles. The maximum absolute atomic E-state index is 12.9. The Hall–Kier alpha value is -0.0849. The van der Waals surface area contributed by atoms with Gasteiger partial charge < -0.3 is 0 Å². The number of fused-ring (bicyclic) bond motifs is 1. The summed E-state index contributed by atoms with van der Waals surface area (Å²) < 4.78 is 18.6. The van der Waals surface area contributed by atoms with Gasteiger partial charge in [0, 0.05) is 0 Å². The van der Waals surface area contributed by atoms with Crippen LogP contribution in [0.15, 0.2) is 0 Å². The van der Waals surface area contributed by atoms with Crippen LogP contribution in [0.4, 0.5) is 9.59 Å². The number of hydrogen-bond acceptors (Lipinski definition) is 5. The van der Waals surface area contributed by atoms with E-state index in [9.17, 15) is 9.59 Å². The van der Waals surface area contributed by atoms with Crippen LogP contribution in [0.3, 0.4) is 0 Å². The van der Waals surface area contributed by atoms with Crippen molar-refractivity contribution in [2.45, 2.75) is 101 Å². The second-order valence-electron chi connectivity index (χ2n) is 10.0. The number of nitrogens with zero attached hydrogens (tertiary/aromatic N) is 2. The summed E-state index contributed by atoms with van der Waals surface area (Å²) in [6, 6.07) is -0.160. The minimum atomic E-state index is -1.17.